The molecule has 27 heavy (non-hydrogen) atoms. The number of nitriles is 1. The molecule has 0 saturated heterocycles. The fraction of sp³-hybridized carbons (Fsp3) is 0.364. The largest absolute Gasteiger partial charge is 0.423 e. The molecule has 0 spiro atoms. The first-order valence-corrected chi connectivity index (χ1v) is 10.6. The van der Waals surface area contributed by atoms with Gasteiger partial charge in [0.15, 0.2) is 0 Å². The van der Waals surface area contributed by atoms with Gasteiger partial charge in [0.1, 0.15) is 17.6 Å². The highest BCUT2D eigenvalue weighted by molar-refractivity contribution is 6.37. The smallest absolute Gasteiger partial charge is 0.343 e. The Kier molecular flexibility index (Phi) is 6.41. The summed E-state index contributed by atoms with van der Waals surface area (Å²) in [5.74, 6) is -0.563. The third kappa shape index (κ3) is 4.84. The predicted octanol–water partition coefficient (Wildman–Crippen LogP) is 5.51. The Labute approximate surface area is 162 Å². The molecule has 2 aromatic carbocycles. The van der Waals surface area contributed by atoms with Gasteiger partial charge in [0.05, 0.1) is 11.1 Å². The molecule has 0 atom stereocenters. The third-order valence-corrected chi connectivity index (χ3v) is 6.67. The van der Waals surface area contributed by atoms with Crippen molar-refractivity contribution in [2.24, 2.45) is 0 Å². The van der Waals surface area contributed by atoms with Crippen LogP contribution in [0.2, 0.25) is 11.6 Å². The highest BCUT2D eigenvalue weighted by Gasteiger charge is 2.22. The molecule has 1 fully saturated rings. The van der Waals surface area contributed by atoms with Crippen LogP contribution in [0.1, 0.15) is 60.0 Å². The Morgan fingerprint density at radius 3 is 2.48 bits per heavy atom. The van der Waals surface area contributed by atoms with Crippen molar-refractivity contribution in [1.29, 1.82) is 5.26 Å². The second kappa shape index (κ2) is 8.96. The Hall–Kier alpha value is -2.45. The van der Waals surface area contributed by atoms with E-state index in [1.807, 2.05) is 12.1 Å². The first-order valence-electron chi connectivity index (χ1n) is 9.36. The first kappa shape index (κ1) is 19.3. The summed E-state index contributed by atoms with van der Waals surface area (Å²) in [7, 11) is 1.08. The lowest BCUT2D eigenvalue weighted by atomic mass is 9.83. The van der Waals surface area contributed by atoms with E-state index < -0.39 is 11.8 Å². The van der Waals surface area contributed by atoms with E-state index in [1.165, 1.54) is 49.4 Å². The van der Waals surface area contributed by atoms with Gasteiger partial charge in [-0.2, -0.15) is 5.26 Å². The number of hydrogen-bond acceptors (Lipinski definition) is 3. The number of nitrogens with zero attached hydrogens (tertiary/aromatic N) is 1. The standard InChI is InChI=1S/C22H22FNO2Si/c1-2-27-20-11-8-16(9-12-20)15-3-5-17(6-4-15)22(25)26-19-10-7-18(14-24)21(23)13-19/h3-7,10,13,16,20H,2,8-9,11-12H2,1H3. The van der Waals surface area contributed by atoms with Crippen molar-refractivity contribution in [3.8, 4) is 11.8 Å². The molecule has 0 heterocycles. The van der Waals surface area contributed by atoms with Gasteiger partial charge in [0.25, 0.3) is 0 Å². The number of carbonyl (C=O) groups excluding carboxylic acids is 1. The van der Waals surface area contributed by atoms with Gasteiger partial charge in [-0.15, -0.1) is 0 Å². The molecule has 3 nitrogen and oxygen atoms in total. The first-order chi connectivity index (χ1) is 13.1. The molecule has 138 valence electrons. The van der Waals surface area contributed by atoms with E-state index in [4.69, 9.17) is 10.00 Å². The zero-order chi connectivity index (χ0) is 19.2. The number of esters is 1. The average molecular weight is 380 g/mol. The van der Waals surface area contributed by atoms with E-state index in [9.17, 15) is 9.18 Å². The lowest BCUT2D eigenvalue weighted by Crippen LogP contribution is -2.14. The SMILES string of the molecule is CC[Si]C1CCC(c2ccc(C(=O)Oc3ccc(C#N)c(F)c3)cc2)CC1. The lowest BCUT2D eigenvalue weighted by Gasteiger charge is -2.28. The minimum Gasteiger partial charge on any atom is -0.423 e. The van der Waals surface area contributed by atoms with Crippen LogP contribution in [0.25, 0.3) is 0 Å². The van der Waals surface area contributed by atoms with Crippen molar-refractivity contribution in [2.75, 3.05) is 0 Å². The fourth-order valence-electron chi connectivity index (χ4n) is 3.63. The van der Waals surface area contributed by atoms with Gasteiger partial charge in [-0.1, -0.05) is 37.9 Å². The van der Waals surface area contributed by atoms with Gasteiger partial charge in [-0.05, 0) is 54.1 Å². The molecule has 0 unspecified atom stereocenters. The molecule has 0 aromatic heterocycles. The minimum atomic E-state index is -0.697. The van der Waals surface area contributed by atoms with Crippen molar-refractivity contribution in [2.45, 2.75) is 50.1 Å². The Bertz CT molecular complexity index is 836. The van der Waals surface area contributed by atoms with E-state index in [0.29, 0.717) is 11.5 Å². The number of carbonyl (C=O) groups is 1. The summed E-state index contributed by atoms with van der Waals surface area (Å²) in [6.07, 6.45) is 5.02. The number of ether oxygens (including phenoxy) is 1. The lowest BCUT2D eigenvalue weighted by molar-refractivity contribution is 0.0734. The molecule has 2 aromatic rings. The summed E-state index contributed by atoms with van der Waals surface area (Å²) in [4.78, 5) is 12.3. The van der Waals surface area contributed by atoms with Crippen LogP contribution >= 0.6 is 0 Å². The normalized spacial score (nSPS) is 19.3. The second-order valence-electron chi connectivity index (χ2n) is 6.87. The zero-order valence-electron chi connectivity index (χ0n) is 15.4. The summed E-state index contributed by atoms with van der Waals surface area (Å²) in [6.45, 7) is 2.26. The summed E-state index contributed by atoms with van der Waals surface area (Å²) in [5.41, 5.74) is 2.53. The second-order valence-corrected chi connectivity index (χ2v) is 8.80. The van der Waals surface area contributed by atoms with Gasteiger partial charge in [-0.3, -0.25) is 0 Å². The summed E-state index contributed by atoms with van der Waals surface area (Å²) >= 11 is 0. The molecule has 3 rings (SSSR count). The molecule has 1 aliphatic rings. The van der Waals surface area contributed by atoms with Crippen molar-refractivity contribution >= 4 is 15.5 Å². The van der Waals surface area contributed by atoms with Gasteiger partial charge < -0.3 is 4.74 Å². The molecule has 1 aliphatic carbocycles. The van der Waals surface area contributed by atoms with Crippen molar-refractivity contribution in [3.63, 3.8) is 0 Å². The van der Waals surface area contributed by atoms with Crippen molar-refractivity contribution in [1.82, 2.24) is 0 Å². The van der Waals surface area contributed by atoms with Gasteiger partial charge in [0, 0.05) is 15.6 Å². The van der Waals surface area contributed by atoms with Crippen LogP contribution in [0.15, 0.2) is 42.5 Å². The third-order valence-electron chi connectivity index (χ3n) is 5.11. The minimum absolute atomic E-state index is 0.0756. The van der Waals surface area contributed by atoms with Crippen LogP contribution in [0.3, 0.4) is 0 Å². The Morgan fingerprint density at radius 1 is 1.19 bits per heavy atom. The number of halogens is 1. The molecule has 2 radical (unpaired) electrons. The van der Waals surface area contributed by atoms with E-state index in [0.717, 1.165) is 21.1 Å². The molecule has 0 N–H and O–H groups in total. The van der Waals surface area contributed by atoms with E-state index >= 15 is 0 Å². The molecule has 0 amide bonds. The molecular formula is C22H22FNO2Si. The Balaban J connectivity index is 1.61. The molecule has 0 bridgehead atoms. The van der Waals surface area contributed by atoms with Crippen LogP contribution in [-0.4, -0.2) is 15.5 Å². The summed E-state index contributed by atoms with van der Waals surface area (Å²) in [5, 5.41) is 8.75. The molecule has 5 heteroatoms. The zero-order valence-corrected chi connectivity index (χ0v) is 16.4. The molecule has 0 aliphatic heterocycles. The maximum atomic E-state index is 13.6. The van der Waals surface area contributed by atoms with Crippen molar-refractivity contribution in [3.05, 3.63) is 65.0 Å². The number of rotatable bonds is 5. The quantitative estimate of drug-likeness (QED) is 0.391. The van der Waals surface area contributed by atoms with Crippen LogP contribution in [0.4, 0.5) is 4.39 Å². The Morgan fingerprint density at radius 2 is 1.89 bits per heavy atom. The topological polar surface area (TPSA) is 50.1 Å². The molecular weight excluding hydrogens is 357 g/mol. The van der Waals surface area contributed by atoms with Crippen LogP contribution in [0, 0.1) is 17.1 Å². The number of benzene rings is 2. The van der Waals surface area contributed by atoms with Crippen LogP contribution < -0.4 is 4.74 Å². The molecule has 1 saturated carbocycles. The highest BCUT2D eigenvalue weighted by Crippen LogP contribution is 2.38. The van der Waals surface area contributed by atoms with Crippen LogP contribution in [-0.2, 0) is 0 Å². The summed E-state index contributed by atoms with van der Waals surface area (Å²) in [6, 6.07) is 14.4. The summed E-state index contributed by atoms with van der Waals surface area (Å²) < 4.78 is 18.8. The van der Waals surface area contributed by atoms with E-state index in [1.54, 1.807) is 18.2 Å². The fourth-order valence-corrected chi connectivity index (χ4v) is 4.95. The van der Waals surface area contributed by atoms with Gasteiger partial charge in [0.2, 0.25) is 0 Å². The van der Waals surface area contributed by atoms with Crippen LogP contribution in [0.5, 0.6) is 5.75 Å². The maximum Gasteiger partial charge on any atom is 0.343 e. The predicted molar refractivity (Wildman–Crippen MR) is 104 cm³/mol. The van der Waals surface area contributed by atoms with Gasteiger partial charge >= 0.3 is 5.97 Å². The monoisotopic (exact) mass is 379 g/mol. The average Bonchev–Trinajstić information content (AvgIpc) is 2.69. The van der Waals surface area contributed by atoms with Crippen molar-refractivity contribution < 1.29 is 13.9 Å². The number of hydrogen-bond donors (Lipinski definition) is 0. The van der Waals surface area contributed by atoms with Gasteiger partial charge in [-0.25, -0.2) is 9.18 Å². The maximum absolute atomic E-state index is 13.6. The van der Waals surface area contributed by atoms with E-state index in [-0.39, 0.29) is 11.3 Å². The van der Waals surface area contributed by atoms with E-state index in [2.05, 4.69) is 6.92 Å². The highest BCUT2D eigenvalue weighted by atomic mass is 28.2.